The average molecular weight is 302 g/mol. The summed E-state index contributed by atoms with van der Waals surface area (Å²) >= 11 is 0. The summed E-state index contributed by atoms with van der Waals surface area (Å²) in [5.41, 5.74) is 2.73. The van der Waals surface area contributed by atoms with E-state index < -0.39 is 0 Å². The molecular formula is C18H23FN2O. The predicted molar refractivity (Wildman–Crippen MR) is 85.1 cm³/mol. The van der Waals surface area contributed by atoms with Gasteiger partial charge < -0.3 is 4.74 Å². The molecule has 0 aliphatic heterocycles. The lowest BCUT2D eigenvalue weighted by molar-refractivity contribution is 0.0177. The maximum atomic E-state index is 13.6. The molecule has 0 amide bonds. The first-order valence-corrected chi connectivity index (χ1v) is 7.73. The minimum absolute atomic E-state index is 0.0354. The lowest BCUT2D eigenvalue weighted by Gasteiger charge is -2.24. The Hall–Kier alpha value is -1.81. The van der Waals surface area contributed by atoms with Crippen molar-refractivity contribution in [2.24, 2.45) is 0 Å². The monoisotopic (exact) mass is 302 g/mol. The second-order valence-corrected chi connectivity index (χ2v) is 5.69. The van der Waals surface area contributed by atoms with Crippen LogP contribution >= 0.6 is 0 Å². The van der Waals surface area contributed by atoms with Crippen LogP contribution < -0.4 is 0 Å². The van der Waals surface area contributed by atoms with Crippen molar-refractivity contribution in [3.05, 3.63) is 59.4 Å². The van der Waals surface area contributed by atoms with Gasteiger partial charge in [-0.2, -0.15) is 0 Å². The molecule has 2 atom stereocenters. The van der Waals surface area contributed by atoms with Gasteiger partial charge in [0.05, 0.1) is 24.6 Å². The fourth-order valence-corrected chi connectivity index (χ4v) is 2.60. The summed E-state index contributed by atoms with van der Waals surface area (Å²) in [5, 5.41) is 0. The van der Waals surface area contributed by atoms with Crippen LogP contribution in [0.3, 0.4) is 0 Å². The SMILES string of the molecule is CCCC(OCc1cnccn1)C(C)c1cc(C)cc(F)c1. The molecule has 0 aliphatic carbocycles. The van der Waals surface area contributed by atoms with Crippen molar-refractivity contribution in [2.75, 3.05) is 0 Å². The average Bonchev–Trinajstić information content (AvgIpc) is 2.51. The Kier molecular flexibility index (Phi) is 6.01. The topological polar surface area (TPSA) is 35.0 Å². The van der Waals surface area contributed by atoms with E-state index in [2.05, 4.69) is 23.8 Å². The van der Waals surface area contributed by atoms with E-state index in [4.69, 9.17) is 4.74 Å². The molecule has 1 heterocycles. The molecule has 0 N–H and O–H groups in total. The second-order valence-electron chi connectivity index (χ2n) is 5.69. The van der Waals surface area contributed by atoms with Gasteiger partial charge >= 0.3 is 0 Å². The Balaban J connectivity index is 2.08. The highest BCUT2D eigenvalue weighted by molar-refractivity contribution is 5.27. The Morgan fingerprint density at radius 1 is 1.23 bits per heavy atom. The normalized spacial score (nSPS) is 13.8. The van der Waals surface area contributed by atoms with E-state index in [1.807, 2.05) is 13.0 Å². The van der Waals surface area contributed by atoms with Gasteiger partial charge in [-0.3, -0.25) is 9.97 Å². The van der Waals surface area contributed by atoms with Crippen molar-refractivity contribution in [1.82, 2.24) is 9.97 Å². The van der Waals surface area contributed by atoms with Gasteiger partial charge in [-0.25, -0.2) is 4.39 Å². The van der Waals surface area contributed by atoms with E-state index in [0.29, 0.717) is 6.61 Å². The van der Waals surface area contributed by atoms with E-state index in [-0.39, 0.29) is 17.8 Å². The molecule has 0 radical (unpaired) electrons. The number of aromatic nitrogens is 2. The number of rotatable bonds is 7. The number of halogens is 1. The minimum Gasteiger partial charge on any atom is -0.371 e. The van der Waals surface area contributed by atoms with Crippen LogP contribution in [0.1, 0.15) is 49.4 Å². The van der Waals surface area contributed by atoms with Gasteiger partial charge in [-0.1, -0.05) is 26.3 Å². The summed E-state index contributed by atoms with van der Waals surface area (Å²) in [7, 11) is 0. The Morgan fingerprint density at radius 3 is 2.68 bits per heavy atom. The number of hydrogen-bond acceptors (Lipinski definition) is 3. The van der Waals surface area contributed by atoms with Gasteiger partial charge in [0.25, 0.3) is 0 Å². The molecule has 0 fully saturated rings. The molecule has 4 heteroatoms. The van der Waals surface area contributed by atoms with E-state index in [1.165, 1.54) is 0 Å². The first-order chi connectivity index (χ1) is 10.6. The van der Waals surface area contributed by atoms with Crippen LogP contribution in [-0.2, 0) is 11.3 Å². The summed E-state index contributed by atoms with van der Waals surface area (Å²) in [6.45, 7) is 6.55. The third-order valence-corrected chi connectivity index (χ3v) is 3.78. The van der Waals surface area contributed by atoms with Crippen molar-refractivity contribution in [3.8, 4) is 0 Å². The molecule has 0 aliphatic rings. The molecular weight excluding hydrogens is 279 g/mol. The van der Waals surface area contributed by atoms with Crippen molar-refractivity contribution in [1.29, 1.82) is 0 Å². The molecule has 2 unspecified atom stereocenters. The van der Waals surface area contributed by atoms with E-state index in [0.717, 1.165) is 29.7 Å². The maximum Gasteiger partial charge on any atom is 0.123 e. The summed E-state index contributed by atoms with van der Waals surface area (Å²) in [6.07, 6.45) is 6.99. The first kappa shape index (κ1) is 16.6. The van der Waals surface area contributed by atoms with E-state index in [1.54, 1.807) is 30.7 Å². The number of ether oxygens (including phenoxy) is 1. The van der Waals surface area contributed by atoms with Crippen LogP contribution in [0.4, 0.5) is 4.39 Å². The van der Waals surface area contributed by atoms with Crippen molar-refractivity contribution in [2.45, 2.75) is 52.2 Å². The number of aryl methyl sites for hydroxylation is 1. The summed E-state index contributed by atoms with van der Waals surface area (Å²) in [4.78, 5) is 8.27. The predicted octanol–water partition coefficient (Wildman–Crippen LogP) is 4.41. The molecule has 2 aromatic rings. The molecule has 2 rings (SSSR count). The third kappa shape index (κ3) is 4.60. The number of nitrogens with zero attached hydrogens (tertiary/aromatic N) is 2. The van der Waals surface area contributed by atoms with Crippen molar-refractivity contribution < 1.29 is 9.13 Å². The van der Waals surface area contributed by atoms with Crippen LogP contribution in [0.25, 0.3) is 0 Å². The highest BCUT2D eigenvalue weighted by atomic mass is 19.1. The van der Waals surface area contributed by atoms with Crippen molar-refractivity contribution >= 4 is 0 Å². The lowest BCUT2D eigenvalue weighted by Crippen LogP contribution is -2.21. The Morgan fingerprint density at radius 2 is 2.05 bits per heavy atom. The van der Waals surface area contributed by atoms with Crippen LogP contribution in [-0.4, -0.2) is 16.1 Å². The first-order valence-electron chi connectivity index (χ1n) is 7.73. The van der Waals surface area contributed by atoms with Gasteiger partial charge in [-0.05, 0) is 36.6 Å². The zero-order valence-corrected chi connectivity index (χ0v) is 13.4. The molecule has 0 spiro atoms. The van der Waals surface area contributed by atoms with Gasteiger partial charge in [0.1, 0.15) is 5.82 Å². The lowest BCUT2D eigenvalue weighted by atomic mass is 9.91. The van der Waals surface area contributed by atoms with Gasteiger partial charge in [-0.15, -0.1) is 0 Å². The molecule has 22 heavy (non-hydrogen) atoms. The summed E-state index contributed by atoms with van der Waals surface area (Å²) in [5.74, 6) is -0.0583. The molecule has 1 aromatic carbocycles. The highest BCUT2D eigenvalue weighted by Gasteiger charge is 2.20. The summed E-state index contributed by atoms with van der Waals surface area (Å²) in [6, 6.07) is 5.18. The number of benzene rings is 1. The molecule has 0 bridgehead atoms. The largest absolute Gasteiger partial charge is 0.371 e. The van der Waals surface area contributed by atoms with Gasteiger partial charge in [0.2, 0.25) is 0 Å². The fourth-order valence-electron chi connectivity index (χ4n) is 2.60. The van der Waals surface area contributed by atoms with Crippen LogP contribution in [0, 0.1) is 12.7 Å². The zero-order chi connectivity index (χ0) is 15.9. The standard InChI is InChI=1S/C18H23FN2O/c1-4-5-18(22-12-17-11-20-6-7-21-17)14(3)15-8-13(2)9-16(19)10-15/h6-11,14,18H,4-5,12H2,1-3H3. The molecule has 118 valence electrons. The van der Waals surface area contributed by atoms with Crippen LogP contribution in [0.2, 0.25) is 0 Å². The number of hydrogen-bond donors (Lipinski definition) is 0. The van der Waals surface area contributed by atoms with Gasteiger partial charge in [0.15, 0.2) is 0 Å². The Bertz CT molecular complexity index is 569. The van der Waals surface area contributed by atoms with E-state index >= 15 is 0 Å². The van der Waals surface area contributed by atoms with Crippen LogP contribution in [0.5, 0.6) is 0 Å². The molecule has 0 saturated heterocycles. The smallest absolute Gasteiger partial charge is 0.123 e. The minimum atomic E-state index is -0.189. The second kappa shape index (κ2) is 7.99. The maximum absolute atomic E-state index is 13.6. The molecule has 3 nitrogen and oxygen atoms in total. The third-order valence-electron chi connectivity index (χ3n) is 3.78. The Labute approximate surface area is 131 Å². The fraction of sp³-hybridized carbons (Fsp3) is 0.444. The summed E-state index contributed by atoms with van der Waals surface area (Å²) < 4.78 is 19.7. The van der Waals surface area contributed by atoms with Crippen molar-refractivity contribution in [3.63, 3.8) is 0 Å². The molecule has 1 aromatic heterocycles. The zero-order valence-electron chi connectivity index (χ0n) is 13.4. The van der Waals surface area contributed by atoms with Crippen LogP contribution in [0.15, 0.2) is 36.8 Å². The van der Waals surface area contributed by atoms with E-state index in [9.17, 15) is 4.39 Å². The molecule has 0 saturated carbocycles. The van der Waals surface area contributed by atoms with Gasteiger partial charge in [0, 0.05) is 18.3 Å². The quantitative estimate of drug-likeness (QED) is 0.759. The highest BCUT2D eigenvalue weighted by Crippen LogP contribution is 2.27.